The highest BCUT2D eigenvalue weighted by Crippen LogP contribution is 2.27. The van der Waals surface area contributed by atoms with Gasteiger partial charge in [0.15, 0.2) is 0 Å². The van der Waals surface area contributed by atoms with Crippen LogP contribution in [0.4, 0.5) is 18.9 Å². The minimum Gasteiger partial charge on any atom is -0.399 e. The summed E-state index contributed by atoms with van der Waals surface area (Å²) < 4.78 is 61.5. The Bertz CT molecular complexity index is 559. The van der Waals surface area contributed by atoms with E-state index >= 15 is 0 Å². The molecule has 0 saturated carbocycles. The Balaban J connectivity index is 3.29. The predicted molar refractivity (Wildman–Crippen MR) is 66.2 cm³/mol. The molecule has 0 unspecified atom stereocenters. The van der Waals surface area contributed by atoms with Gasteiger partial charge in [0.1, 0.15) is 6.54 Å². The minimum atomic E-state index is -4.59. The molecular weight excluding hydrogens is 281 g/mol. The van der Waals surface area contributed by atoms with Crippen LogP contribution in [0.5, 0.6) is 0 Å². The summed E-state index contributed by atoms with van der Waals surface area (Å²) in [7, 11) is -3.29. The smallest absolute Gasteiger partial charge is 0.399 e. The summed E-state index contributed by atoms with van der Waals surface area (Å²) >= 11 is 0. The summed E-state index contributed by atoms with van der Waals surface area (Å²) in [4.78, 5) is -0.131. The van der Waals surface area contributed by atoms with E-state index in [1.54, 1.807) is 0 Å². The number of benzene rings is 1. The fourth-order valence-electron chi connectivity index (χ4n) is 1.88. The Labute approximate surface area is 110 Å². The van der Waals surface area contributed by atoms with Gasteiger partial charge in [0.2, 0.25) is 10.0 Å². The topological polar surface area (TPSA) is 63.4 Å². The lowest BCUT2D eigenvalue weighted by molar-refractivity contribution is -0.134. The Morgan fingerprint density at radius 1 is 1.21 bits per heavy atom. The van der Waals surface area contributed by atoms with Crippen molar-refractivity contribution < 1.29 is 21.6 Å². The molecule has 1 aromatic carbocycles. The van der Waals surface area contributed by atoms with Crippen LogP contribution in [-0.4, -0.2) is 32.5 Å². The molecule has 0 aromatic heterocycles. The number of anilines is 1. The lowest BCUT2D eigenvalue weighted by atomic mass is 10.1. The first kappa shape index (κ1) is 15.8. The van der Waals surface area contributed by atoms with Crippen LogP contribution in [-0.2, 0) is 10.0 Å². The molecule has 0 radical (unpaired) electrons. The molecule has 0 aliphatic rings. The number of hydrogen-bond acceptors (Lipinski definition) is 3. The molecule has 1 aromatic rings. The van der Waals surface area contributed by atoms with Crippen LogP contribution < -0.4 is 5.73 Å². The highest BCUT2D eigenvalue weighted by molar-refractivity contribution is 7.89. The van der Waals surface area contributed by atoms with Crippen molar-refractivity contribution in [3.8, 4) is 0 Å². The van der Waals surface area contributed by atoms with Crippen LogP contribution in [0.15, 0.2) is 17.0 Å². The molecule has 1 rings (SSSR count). The summed E-state index contributed by atoms with van der Waals surface area (Å²) in [6.07, 6.45) is -4.59. The fourth-order valence-corrected chi connectivity index (χ4v) is 3.44. The van der Waals surface area contributed by atoms with Gasteiger partial charge in [-0.25, -0.2) is 8.42 Å². The number of nitrogens with zero attached hydrogens (tertiary/aromatic N) is 1. The van der Waals surface area contributed by atoms with E-state index in [1.807, 2.05) is 0 Å². The van der Waals surface area contributed by atoms with Gasteiger partial charge >= 0.3 is 6.18 Å². The largest absolute Gasteiger partial charge is 0.402 e. The Kier molecular flexibility index (Phi) is 4.16. The van der Waals surface area contributed by atoms with E-state index in [0.29, 0.717) is 21.1 Å². The van der Waals surface area contributed by atoms with Gasteiger partial charge in [0.25, 0.3) is 0 Å². The molecule has 0 spiro atoms. The molecule has 8 heteroatoms. The molecule has 19 heavy (non-hydrogen) atoms. The van der Waals surface area contributed by atoms with Crippen LogP contribution in [0.3, 0.4) is 0 Å². The molecule has 2 N–H and O–H groups in total. The summed E-state index contributed by atoms with van der Waals surface area (Å²) in [5.41, 5.74) is 6.58. The van der Waals surface area contributed by atoms with Gasteiger partial charge in [-0.15, -0.1) is 0 Å². The third-order valence-corrected chi connectivity index (χ3v) is 4.66. The van der Waals surface area contributed by atoms with E-state index in [4.69, 9.17) is 5.73 Å². The highest BCUT2D eigenvalue weighted by Gasteiger charge is 2.35. The van der Waals surface area contributed by atoms with Crippen LogP contribution >= 0.6 is 0 Å². The van der Waals surface area contributed by atoms with E-state index < -0.39 is 22.7 Å². The highest BCUT2D eigenvalue weighted by atomic mass is 32.2. The summed E-state index contributed by atoms with van der Waals surface area (Å²) in [6.45, 7) is 1.47. The SMILES string of the molecule is Cc1cc(N)cc(C)c1S(=O)(=O)N(C)CC(F)(F)F. The number of hydrogen-bond donors (Lipinski definition) is 1. The summed E-state index contributed by atoms with van der Waals surface area (Å²) in [5.74, 6) is 0. The van der Waals surface area contributed by atoms with Crippen molar-refractivity contribution in [3.63, 3.8) is 0 Å². The maximum Gasteiger partial charge on any atom is 0.402 e. The van der Waals surface area contributed by atoms with E-state index in [-0.39, 0.29) is 4.90 Å². The van der Waals surface area contributed by atoms with Gasteiger partial charge < -0.3 is 5.73 Å². The van der Waals surface area contributed by atoms with Gasteiger partial charge in [0.05, 0.1) is 4.90 Å². The average molecular weight is 296 g/mol. The normalized spacial score (nSPS) is 13.0. The number of nitrogen functional groups attached to an aromatic ring is 1. The molecule has 0 aliphatic carbocycles. The molecule has 0 atom stereocenters. The third-order valence-electron chi connectivity index (χ3n) is 2.55. The summed E-state index contributed by atoms with van der Waals surface area (Å²) in [6, 6.07) is 2.84. The number of nitrogens with two attached hydrogens (primary N) is 1. The van der Waals surface area contributed by atoms with E-state index in [2.05, 4.69) is 0 Å². The fraction of sp³-hybridized carbons (Fsp3) is 0.455. The lowest BCUT2D eigenvalue weighted by Gasteiger charge is -2.21. The van der Waals surface area contributed by atoms with Crippen molar-refractivity contribution in [1.29, 1.82) is 0 Å². The van der Waals surface area contributed by atoms with Crippen molar-refractivity contribution >= 4 is 15.7 Å². The van der Waals surface area contributed by atoms with Crippen molar-refractivity contribution in [1.82, 2.24) is 4.31 Å². The molecular formula is C11H15F3N2O2S. The van der Waals surface area contributed by atoms with Gasteiger partial charge in [-0.2, -0.15) is 17.5 Å². The zero-order chi connectivity index (χ0) is 15.0. The van der Waals surface area contributed by atoms with Gasteiger partial charge in [0, 0.05) is 12.7 Å². The molecule has 0 fully saturated rings. The molecule has 0 heterocycles. The van der Waals surface area contributed by atoms with E-state index in [0.717, 1.165) is 7.05 Å². The van der Waals surface area contributed by atoms with Crippen LogP contribution in [0.2, 0.25) is 0 Å². The number of halogens is 3. The number of alkyl halides is 3. The van der Waals surface area contributed by atoms with Crippen LogP contribution in [0.1, 0.15) is 11.1 Å². The maximum atomic E-state index is 12.3. The van der Waals surface area contributed by atoms with Crippen molar-refractivity contribution in [2.45, 2.75) is 24.9 Å². The van der Waals surface area contributed by atoms with Crippen LogP contribution in [0.25, 0.3) is 0 Å². The molecule has 0 amide bonds. The molecule has 108 valence electrons. The zero-order valence-electron chi connectivity index (χ0n) is 10.7. The van der Waals surface area contributed by atoms with Crippen molar-refractivity contribution in [2.24, 2.45) is 0 Å². The standard InChI is InChI=1S/C11H15F3N2O2S/c1-7-4-9(15)5-8(2)10(7)19(17,18)16(3)6-11(12,13)14/h4-5H,6,15H2,1-3H3. The first-order valence-electron chi connectivity index (χ1n) is 5.35. The lowest BCUT2D eigenvalue weighted by Crippen LogP contribution is -2.36. The zero-order valence-corrected chi connectivity index (χ0v) is 11.6. The second-order valence-electron chi connectivity index (χ2n) is 4.36. The second-order valence-corrected chi connectivity index (χ2v) is 6.34. The molecule has 0 aliphatic heterocycles. The number of aryl methyl sites for hydroxylation is 2. The molecule has 4 nitrogen and oxygen atoms in total. The molecule has 0 saturated heterocycles. The summed E-state index contributed by atoms with van der Waals surface area (Å²) in [5, 5.41) is 0. The average Bonchev–Trinajstić information content (AvgIpc) is 2.11. The maximum absolute atomic E-state index is 12.3. The third kappa shape index (κ3) is 3.60. The Hall–Kier alpha value is -1.28. The van der Waals surface area contributed by atoms with Gasteiger partial charge in [-0.1, -0.05) is 0 Å². The van der Waals surface area contributed by atoms with Gasteiger partial charge in [-0.05, 0) is 37.1 Å². The first-order valence-corrected chi connectivity index (χ1v) is 6.79. The second kappa shape index (κ2) is 5.01. The van der Waals surface area contributed by atoms with E-state index in [9.17, 15) is 21.6 Å². The number of rotatable bonds is 3. The van der Waals surface area contributed by atoms with E-state index in [1.165, 1.54) is 26.0 Å². The predicted octanol–water partition coefficient (Wildman–Crippen LogP) is 2.07. The number of sulfonamides is 1. The minimum absolute atomic E-state index is 0.131. The van der Waals surface area contributed by atoms with Crippen molar-refractivity contribution in [2.75, 3.05) is 19.3 Å². The monoisotopic (exact) mass is 296 g/mol. The Morgan fingerprint density at radius 2 is 1.63 bits per heavy atom. The van der Waals surface area contributed by atoms with Crippen molar-refractivity contribution in [3.05, 3.63) is 23.3 Å². The van der Waals surface area contributed by atoms with Crippen LogP contribution in [0, 0.1) is 13.8 Å². The first-order chi connectivity index (χ1) is 8.45. The Morgan fingerprint density at radius 3 is 2.00 bits per heavy atom. The quantitative estimate of drug-likeness (QED) is 0.868. The van der Waals surface area contributed by atoms with Gasteiger partial charge in [-0.3, -0.25) is 0 Å². The molecule has 0 bridgehead atoms.